The van der Waals surface area contributed by atoms with E-state index in [0.29, 0.717) is 16.4 Å². The second-order valence-corrected chi connectivity index (χ2v) is 8.52. The van der Waals surface area contributed by atoms with Gasteiger partial charge in [0.1, 0.15) is 15.7 Å². The molecule has 28 heavy (non-hydrogen) atoms. The predicted molar refractivity (Wildman–Crippen MR) is 114 cm³/mol. The molecule has 0 radical (unpaired) electrons. The Hall–Kier alpha value is -2.39. The number of nitrogens with one attached hydrogen (secondary N) is 1. The van der Waals surface area contributed by atoms with Crippen molar-refractivity contribution in [2.45, 2.75) is 44.6 Å². The van der Waals surface area contributed by atoms with E-state index in [1.165, 1.54) is 16.9 Å². The lowest BCUT2D eigenvalue weighted by Crippen LogP contribution is -2.29. The first-order valence-electron chi connectivity index (χ1n) is 9.82. The molecule has 4 rings (SSSR count). The van der Waals surface area contributed by atoms with Gasteiger partial charge in [-0.15, -0.1) is 0 Å². The van der Waals surface area contributed by atoms with E-state index in [1.54, 1.807) is 10.9 Å². The SMILES string of the molecule is Cn1ncc(NC(=O)c2nc(C3=CCCC3)sc2N)c1N1CCC[C@@H](N)CC1. The summed E-state index contributed by atoms with van der Waals surface area (Å²) >= 11 is 1.38. The minimum absolute atomic E-state index is 0.231. The third-order valence-electron chi connectivity index (χ3n) is 5.41. The molecule has 2 aliphatic rings. The lowest BCUT2D eigenvalue weighted by molar-refractivity contribution is 0.102. The molecular formula is C19H27N7OS. The molecule has 1 amide bonds. The number of nitrogens with zero attached hydrogens (tertiary/aromatic N) is 4. The van der Waals surface area contributed by atoms with Gasteiger partial charge in [0.15, 0.2) is 11.5 Å². The molecule has 0 saturated carbocycles. The van der Waals surface area contributed by atoms with Gasteiger partial charge < -0.3 is 21.7 Å². The van der Waals surface area contributed by atoms with Crippen molar-refractivity contribution in [1.82, 2.24) is 14.8 Å². The lowest BCUT2D eigenvalue weighted by Gasteiger charge is -2.24. The van der Waals surface area contributed by atoms with Gasteiger partial charge in [-0.05, 0) is 44.1 Å². The maximum Gasteiger partial charge on any atom is 0.277 e. The van der Waals surface area contributed by atoms with Crippen molar-refractivity contribution in [2.24, 2.45) is 12.8 Å². The Morgan fingerprint density at radius 2 is 2.18 bits per heavy atom. The van der Waals surface area contributed by atoms with Crippen LogP contribution in [0.3, 0.4) is 0 Å². The fourth-order valence-corrected chi connectivity index (χ4v) is 4.80. The fraction of sp³-hybridized carbons (Fsp3) is 0.526. The summed E-state index contributed by atoms with van der Waals surface area (Å²) in [6.07, 6.45) is 10.0. The zero-order valence-corrected chi connectivity index (χ0v) is 17.0. The monoisotopic (exact) mass is 401 g/mol. The third kappa shape index (κ3) is 3.77. The van der Waals surface area contributed by atoms with Crippen LogP contribution in [-0.2, 0) is 7.05 Å². The number of nitrogens with two attached hydrogens (primary N) is 2. The highest BCUT2D eigenvalue weighted by molar-refractivity contribution is 7.17. The molecule has 0 spiro atoms. The first kappa shape index (κ1) is 18.9. The van der Waals surface area contributed by atoms with Crippen molar-refractivity contribution in [3.8, 4) is 0 Å². The van der Waals surface area contributed by atoms with Gasteiger partial charge in [-0.3, -0.25) is 9.48 Å². The van der Waals surface area contributed by atoms with Gasteiger partial charge in [-0.2, -0.15) is 5.10 Å². The number of carbonyl (C=O) groups is 1. The maximum atomic E-state index is 12.9. The number of aromatic nitrogens is 3. The van der Waals surface area contributed by atoms with Crippen LogP contribution in [0.5, 0.6) is 0 Å². The summed E-state index contributed by atoms with van der Waals surface area (Å²) in [5, 5.41) is 8.63. The number of amides is 1. The van der Waals surface area contributed by atoms with Crippen LogP contribution in [-0.4, -0.2) is 39.8 Å². The highest BCUT2D eigenvalue weighted by Crippen LogP contribution is 2.34. The first-order valence-corrected chi connectivity index (χ1v) is 10.6. The Balaban J connectivity index is 1.54. The summed E-state index contributed by atoms with van der Waals surface area (Å²) < 4.78 is 1.80. The molecule has 2 aromatic rings. The molecule has 2 aromatic heterocycles. The van der Waals surface area contributed by atoms with Crippen LogP contribution in [0.15, 0.2) is 12.3 Å². The zero-order chi connectivity index (χ0) is 19.7. The standard InChI is InChI=1S/C19H27N7OS/c1-25-19(26-9-4-7-13(20)8-10-26)14(11-22-25)23-17(27)15-16(21)28-18(24-15)12-5-2-3-6-12/h5,11,13H,2-4,6-10,20-21H2,1H3,(H,23,27)/t13-/m1/s1. The lowest BCUT2D eigenvalue weighted by atomic mass is 10.1. The number of carbonyl (C=O) groups excluding carboxylic acids is 1. The minimum atomic E-state index is -0.292. The normalized spacial score (nSPS) is 20.1. The summed E-state index contributed by atoms with van der Waals surface area (Å²) in [6.45, 7) is 1.74. The molecule has 5 N–H and O–H groups in total. The second kappa shape index (κ2) is 7.92. The Morgan fingerprint density at radius 3 is 2.96 bits per heavy atom. The van der Waals surface area contributed by atoms with Crippen LogP contribution in [0.1, 0.15) is 54.0 Å². The highest BCUT2D eigenvalue weighted by atomic mass is 32.1. The largest absolute Gasteiger partial charge is 0.389 e. The summed E-state index contributed by atoms with van der Waals surface area (Å²) in [6, 6.07) is 0.231. The average molecular weight is 402 g/mol. The average Bonchev–Trinajstić information content (AvgIpc) is 3.36. The van der Waals surface area contributed by atoms with Gasteiger partial charge in [0.2, 0.25) is 0 Å². The van der Waals surface area contributed by atoms with E-state index in [1.807, 2.05) is 7.05 Å². The Kier molecular flexibility index (Phi) is 5.36. The molecule has 1 aliphatic heterocycles. The molecule has 1 saturated heterocycles. The molecule has 1 atom stereocenters. The molecule has 0 bridgehead atoms. The highest BCUT2D eigenvalue weighted by Gasteiger charge is 2.24. The van der Waals surface area contributed by atoms with Gasteiger partial charge in [-0.25, -0.2) is 4.98 Å². The number of thiazole rings is 1. The van der Waals surface area contributed by atoms with Crippen LogP contribution < -0.4 is 21.7 Å². The van der Waals surface area contributed by atoms with E-state index in [4.69, 9.17) is 11.5 Å². The number of anilines is 3. The van der Waals surface area contributed by atoms with Crippen molar-refractivity contribution in [1.29, 1.82) is 0 Å². The van der Waals surface area contributed by atoms with Gasteiger partial charge >= 0.3 is 0 Å². The Morgan fingerprint density at radius 1 is 1.32 bits per heavy atom. The molecule has 3 heterocycles. The fourth-order valence-electron chi connectivity index (χ4n) is 3.91. The number of hydrogen-bond donors (Lipinski definition) is 3. The van der Waals surface area contributed by atoms with E-state index in [0.717, 1.165) is 62.4 Å². The predicted octanol–water partition coefficient (Wildman–Crippen LogP) is 2.60. The smallest absolute Gasteiger partial charge is 0.277 e. The number of rotatable bonds is 4. The molecule has 9 heteroatoms. The van der Waals surface area contributed by atoms with Crippen LogP contribution in [0.2, 0.25) is 0 Å². The maximum absolute atomic E-state index is 12.9. The summed E-state index contributed by atoms with van der Waals surface area (Å²) in [4.78, 5) is 19.6. The number of aryl methyl sites for hydroxylation is 1. The third-order valence-corrected chi connectivity index (χ3v) is 6.37. The van der Waals surface area contributed by atoms with Crippen LogP contribution in [0.25, 0.3) is 5.57 Å². The minimum Gasteiger partial charge on any atom is -0.389 e. The summed E-state index contributed by atoms with van der Waals surface area (Å²) in [5.74, 6) is 0.606. The van der Waals surface area contributed by atoms with Crippen LogP contribution in [0.4, 0.5) is 16.5 Å². The first-order chi connectivity index (χ1) is 13.5. The summed E-state index contributed by atoms with van der Waals surface area (Å²) in [5.41, 5.74) is 14.4. The molecule has 150 valence electrons. The van der Waals surface area contributed by atoms with Gasteiger partial charge in [0, 0.05) is 26.2 Å². The number of nitrogen functional groups attached to an aromatic ring is 1. The van der Waals surface area contributed by atoms with Crippen LogP contribution in [0, 0.1) is 0 Å². The number of hydrogen-bond acceptors (Lipinski definition) is 7. The Labute approximate surface area is 168 Å². The zero-order valence-electron chi connectivity index (χ0n) is 16.1. The molecule has 1 aliphatic carbocycles. The second-order valence-electron chi connectivity index (χ2n) is 7.49. The van der Waals surface area contributed by atoms with Gasteiger partial charge in [0.25, 0.3) is 5.91 Å². The van der Waals surface area contributed by atoms with Crippen LogP contribution >= 0.6 is 11.3 Å². The molecule has 0 aromatic carbocycles. The van der Waals surface area contributed by atoms with E-state index in [-0.39, 0.29) is 11.9 Å². The summed E-state index contributed by atoms with van der Waals surface area (Å²) in [7, 11) is 1.89. The van der Waals surface area contributed by atoms with E-state index in [2.05, 4.69) is 26.4 Å². The molecule has 1 fully saturated rings. The van der Waals surface area contributed by atoms with E-state index >= 15 is 0 Å². The Bertz CT molecular complexity index is 900. The van der Waals surface area contributed by atoms with Gasteiger partial charge in [0.05, 0.1) is 6.20 Å². The van der Waals surface area contributed by atoms with E-state index < -0.39 is 0 Å². The molecule has 0 unspecified atom stereocenters. The van der Waals surface area contributed by atoms with Crippen molar-refractivity contribution in [3.63, 3.8) is 0 Å². The van der Waals surface area contributed by atoms with Crippen molar-refractivity contribution in [2.75, 3.05) is 29.0 Å². The quantitative estimate of drug-likeness (QED) is 0.725. The van der Waals surface area contributed by atoms with Crippen molar-refractivity contribution in [3.05, 3.63) is 23.0 Å². The molecular weight excluding hydrogens is 374 g/mol. The van der Waals surface area contributed by atoms with Gasteiger partial charge in [-0.1, -0.05) is 17.4 Å². The van der Waals surface area contributed by atoms with Crippen molar-refractivity contribution >= 4 is 39.3 Å². The topological polar surface area (TPSA) is 115 Å². The van der Waals surface area contributed by atoms with Crippen molar-refractivity contribution < 1.29 is 4.79 Å². The molecule has 8 nitrogen and oxygen atoms in total. The van der Waals surface area contributed by atoms with E-state index in [9.17, 15) is 4.79 Å². The number of allylic oxidation sites excluding steroid dienone is 2.